The van der Waals surface area contributed by atoms with Gasteiger partial charge in [0.15, 0.2) is 4.34 Å². The fourth-order valence-electron chi connectivity index (χ4n) is 2.47. The summed E-state index contributed by atoms with van der Waals surface area (Å²) in [6, 6.07) is 17.5. The van der Waals surface area contributed by atoms with Crippen molar-refractivity contribution >= 4 is 33.9 Å². The van der Waals surface area contributed by atoms with Crippen molar-refractivity contribution in [3.05, 3.63) is 54.6 Å². The topological polar surface area (TPSA) is 65.5 Å². The van der Waals surface area contributed by atoms with Gasteiger partial charge in [-0.05, 0) is 42.8 Å². The van der Waals surface area contributed by atoms with Gasteiger partial charge in [-0.25, -0.2) is 0 Å². The van der Waals surface area contributed by atoms with Crippen molar-refractivity contribution in [1.82, 2.24) is 10.2 Å². The van der Waals surface area contributed by atoms with Gasteiger partial charge in [0, 0.05) is 11.4 Å². The summed E-state index contributed by atoms with van der Waals surface area (Å²) in [5.74, 6) is 2.47. The van der Waals surface area contributed by atoms with Gasteiger partial charge in [0.2, 0.25) is 5.13 Å². The van der Waals surface area contributed by atoms with Crippen LogP contribution in [0.25, 0.3) is 0 Å². The Hall–Kier alpha value is -2.13. The maximum Gasteiger partial charge on any atom is 0.210 e. The predicted molar refractivity (Wildman–Crippen MR) is 107 cm³/mol. The van der Waals surface area contributed by atoms with E-state index in [1.165, 1.54) is 11.3 Å². The van der Waals surface area contributed by atoms with Crippen LogP contribution in [-0.4, -0.2) is 35.5 Å². The highest BCUT2D eigenvalue weighted by molar-refractivity contribution is 8.01. The maximum absolute atomic E-state index is 5.80. The van der Waals surface area contributed by atoms with E-state index in [-0.39, 0.29) is 6.10 Å². The fraction of sp³-hybridized carbons (Fsp3) is 0.263. The minimum absolute atomic E-state index is 0.223. The Balaban J connectivity index is 1.29. The van der Waals surface area contributed by atoms with Crippen molar-refractivity contribution < 1.29 is 14.2 Å². The smallest absolute Gasteiger partial charge is 0.210 e. The molecule has 2 heterocycles. The Kier molecular flexibility index (Phi) is 6.21. The van der Waals surface area contributed by atoms with Crippen LogP contribution in [0.2, 0.25) is 0 Å². The van der Waals surface area contributed by atoms with E-state index >= 15 is 0 Å². The number of nitrogens with zero attached hydrogens (tertiary/aromatic N) is 2. The first-order valence-electron chi connectivity index (χ1n) is 8.61. The molecule has 140 valence electrons. The van der Waals surface area contributed by atoms with Gasteiger partial charge in [0.05, 0.1) is 12.7 Å². The summed E-state index contributed by atoms with van der Waals surface area (Å²) in [6.07, 6.45) is 1.15. The standard InChI is InChI=1S/C19H19N3O3S2/c1-2-4-15(5-3-1)25-16-8-6-14(7-9-16)20-18-21-22-19(27-18)26-12-17-10-11-23-13-24-17/h1-9,17H,10-13H2,(H,20,21)/t17-/m1/s1. The molecule has 27 heavy (non-hydrogen) atoms. The number of para-hydroxylation sites is 1. The largest absolute Gasteiger partial charge is 0.457 e. The number of hydrogen-bond acceptors (Lipinski definition) is 8. The van der Waals surface area contributed by atoms with Gasteiger partial charge in [-0.15, -0.1) is 10.2 Å². The summed E-state index contributed by atoms with van der Waals surface area (Å²) in [4.78, 5) is 0. The number of anilines is 2. The van der Waals surface area contributed by atoms with Crippen LogP contribution in [0.5, 0.6) is 11.5 Å². The van der Waals surface area contributed by atoms with Gasteiger partial charge in [0.1, 0.15) is 18.3 Å². The summed E-state index contributed by atoms with van der Waals surface area (Å²) >= 11 is 3.20. The van der Waals surface area contributed by atoms with E-state index in [2.05, 4.69) is 15.5 Å². The minimum Gasteiger partial charge on any atom is -0.457 e. The quantitative estimate of drug-likeness (QED) is 0.563. The molecule has 0 radical (unpaired) electrons. The monoisotopic (exact) mass is 401 g/mol. The second-order valence-electron chi connectivity index (χ2n) is 5.85. The zero-order chi connectivity index (χ0) is 18.3. The SMILES string of the molecule is c1ccc(Oc2ccc(Nc3nnc(SC[C@H]4CCOCO4)s3)cc2)cc1. The first kappa shape index (κ1) is 18.2. The molecule has 0 spiro atoms. The molecule has 0 aliphatic carbocycles. The zero-order valence-corrected chi connectivity index (χ0v) is 16.2. The fourth-order valence-corrected chi connectivity index (χ4v) is 4.33. The summed E-state index contributed by atoms with van der Waals surface area (Å²) in [7, 11) is 0. The molecule has 1 aliphatic heterocycles. The van der Waals surface area contributed by atoms with Crippen molar-refractivity contribution in [3.8, 4) is 11.5 Å². The average molecular weight is 402 g/mol. The Bertz CT molecular complexity index is 837. The Morgan fingerprint density at radius 2 is 1.89 bits per heavy atom. The number of ether oxygens (including phenoxy) is 3. The molecule has 8 heteroatoms. The van der Waals surface area contributed by atoms with E-state index in [0.29, 0.717) is 6.79 Å². The molecule has 0 saturated carbocycles. The number of benzene rings is 2. The third-order valence-corrected chi connectivity index (χ3v) is 5.96. The summed E-state index contributed by atoms with van der Waals surface area (Å²) in [5, 5.41) is 12.5. The van der Waals surface area contributed by atoms with Crippen LogP contribution in [0, 0.1) is 0 Å². The van der Waals surface area contributed by atoms with Crippen LogP contribution in [0.15, 0.2) is 58.9 Å². The molecule has 1 aliphatic rings. The number of aromatic nitrogens is 2. The third kappa shape index (κ3) is 5.43. The predicted octanol–water partition coefficient (Wildman–Crippen LogP) is 4.93. The Morgan fingerprint density at radius 1 is 1.07 bits per heavy atom. The van der Waals surface area contributed by atoms with Crippen LogP contribution in [0.4, 0.5) is 10.8 Å². The molecule has 6 nitrogen and oxygen atoms in total. The molecule has 4 rings (SSSR count). The molecule has 0 unspecified atom stereocenters. The summed E-state index contributed by atoms with van der Waals surface area (Å²) < 4.78 is 17.5. The van der Waals surface area contributed by atoms with Crippen molar-refractivity contribution in [2.24, 2.45) is 0 Å². The highest BCUT2D eigenvalue weighted by Gasteiger charge is 2.15. The Labute approximate surface area is 165 Å². The number of hydrogen-bond donors (Lipinski definition) is 1. The Morgan fingerprint density at radius 3 is 2.67 bits per heavy atom. The molecule has 1 N–H and O–H groups in total. The normalized spacial score (nSPS) is 16.8. The molecule has 0 amide bonds. The highest BCUT2D eigenvalue weighted by Crippen LogP contribution is 2.30. The van der Waals surface area contributed by atoms with E-state index in [0.717, 1.165) is 45.4 Å². The van der Waals surface area contributed by atoms with Gasteiger partial charge in [-0.1, -0.05) is 41.3 Å². The van der Waals surface area contributed by atoms with Crippen molar-refractivity contribution in [3.63, 3.8) is 0 Å². The van der Waals surface area contributed by atoms with Gasteiger partial charge in [-0.2, -0.15) is 0 Å². The van der Waals surface area contributed by atoms with Crippen LogP contribution in [-0.2, 0) is 9.47 Å². The lowest BCUT2D eigenvalue weighted by atomic mass is 10.3. The van der Waals surface area contributed by atoms with E-state index in [1.54, 1.807) is 11.8 Å². The molecule has 3 aromatic rings. The molecular formula is C19H19N3O3S2. The lowest BCUT2D eigenvalue weighted by Crippen LogP contribution is -2.25. The molecule has 1 aromatic heterocycles. The molecule has 2 aromatic carbocycles. The van der Waals surface area contributed by atoms with Gasteiger partial charge in [0.25, 0.3) is 0 Å². The van der Waals surface area contributed by atoms with E-state index in [1.807, 2.05) is 54.6 Å². The molecule has 0 bridgehead atoms. The van der Waals surface area contributed by atoms with Crippen LogP contribution in [0.3, 0.4) is 0 Å². The maximum atomic E-state index is 5.80. The lowest BCUT2D eigenvalue weighted by molar-refractivity contribution is -0.130. The number of nitrogens with one attached hydrogen (secondary N) is 1. The number of rotatable bonds is 7. The first-order chi connectivity index (χ1) is 13.3. The lowest BCUT2D eigenvalue weighted by Gasteiger charge is -2.21. The third-order valence-electron chi connectivity index (χ3n) is 3.85. The summed E-state index contributed by atoms with van der Waals surface area (Å²) in [5.41, 5.74) is 0.941. The second-order valence-corrected chi connectivity index (χ2v) is 8.10. The highest BCUT2D eigenvalue weighted by atomic mass is 32.2. The van der Waals surface area contributed by atoms with E-state index < -0.39 is 0 Å². The van der Waals surface area contributed by atoms with E-state index in [9.17, 15) is 0 Å². The molecule has 1 saturated heterocycles. The van der Waals surface area contributed by atoms with Crippen molar-refractivity contribution in [2.75, 3.05) is 24.5 Å². The number of thioether (sulfide) groups is 1. The molecule has 1 fully saturated rings. The van der Waals surface area contributed by atoms with Gasteiger partial charge < -0.3 is 19.5 Å². The van der Waals surface area contributed by atoms with Crippen LogP contribution < -0.4 is 10.1 Å². The van der Waals surface area contributed by atoms with Crippen molar-refractivity contribution in [1.29, 1.82) is 0 Å². The van der Waals surface area contributed by atoms with Crippen molar-refractivity contribution in [2.45, 2.75) is 16.9 Å². The zero-order valence-electron chi connectivity index (χ0n) is 14.5. The minimum atomic E-state index is 0.223. The molecule has 1 atom stereocenters. The molecular weight excluding hydrogens is 382 g/mol. The van der Waals surface area contributed by atoms with Crippen LogP contribution in [0.1, 0.15) is 6.42 Å². The van der Waals surface area contributed by atoms with Gasteiger partial charge in [-0.3, -0.25) is 0 Å². The first-order valence-corrected chi connectivity index (χ1v) is 10.4. The average Bonchev–Trinajstić information content (AvgIpc) is 3.17. The van der Waals surface area contributed by atoms with Gasteiger partial charge >= 0.3 is 0 Å². The van der Waals surface area contributed by atoms with Crippen LogP contribution >= 0.6 is 23.1 Å². The second kappa shape index (κ2) is 9.18. The van der Waals surface area contributed by atoms with E-state index in [4.69, 9.17) is 14.2 Å². The summed E-state index contributed by atoms with van der Waals surface area (Å²) in [6.45, 7) is 1.15.